The Kier molecular flexibility index (Phi) is 5.05. The van der Waals surface area contributed by atoms with Crippen LogP contribution in [0.4, 0.5) is 0 Å². The Bertz CT molecular complexity index is 413. The summed E-state index contributed by atoms with van der Waals surface area (Å²) in [6.07, 6.45) is 1.39. The van der Waals surface area contributed by atoms with Gasteiger partial charge in [-0.1, -0.05) is 15.9 Å². The molecule has 2 unspecified atom stereocenters. The first-order chi connectivity index (χ1) is 8.69. The summed E-state index contributed by atoms with van der Waals surface area (Å²) in [5, 5.41) is 0. The van der Waals surface area contributed by atoms with Crippen molar-refractivity contribution in [3.8, 4) is 0 Å². The van der Waals surface area contributed by atoms with E-state index in [-0.39, 0.29) is 18.1 Å². The second kappa shape index (κ2) is 6.56. The average Bonchev–Trinajstić information content (AvgIpc) is 2.86. The second-order valence-corrected chi connectivity index (χ2v) is 6.11. The van der Waals surface area contributed by atoms with Crippen LogP contribution in [0.15, 0.2) is 33.6 Å². The highest BCUT2D eigenvalue weighted by molar-refractivity contribution is 9.10. The van der Waals surface area contributed by atoms with Gasteiger partial charge in [-0.2, -0.15) is 0 Å². The predicted molar refractivity (Wildman–Crippen MR) is 75.1 cm³/mol. The normalized spacial score (nSPS) is 23.0. The summed E-state index contributed by atoms with van der Waals surface area (Å²) in [6.45, 7) is 0. The molecule has 1 fully saturated rings. The minimum absolute atomic E-state index is 0.126. The van der Waals surface area contributed by atoms with Gasteiger partial charge in [0, 0.05) is 15.1 Å². The van der Waals surface area contributed by atoms with Crippen LogP contribution in [0, 0.1) is 0 Å². The van der Waals surface area contributed by atoms with E-state index in [1.54, 1.807) is 11.8 Å². The van der Waals surface area contributed by atoms with Gasteiger partial charge < -0.3 is 4.74 Å². The number of carbonyl (C=O) groups excluding carboxylic acids is 1. The number of carbonyl (C=O) groups is 1. The van der Waals surface area contributed by atoms with E-state index < -0.39 is 0 Å². The Labute approximate surface area is 119 Å². The first kappa shape index (κ1) is 13.9. The molecule has 1 aliphatic rings. The molecule has 2 rings (SSSR count). The van der Waals surface area contributed by atoms with E-state index in [9.17, 15) is 4.79 Å². The lowest BCUT2D eigenvalue weighted by Gasteiger charge is -2.12. The summed E-state index contributed by atoms with van der Waals surface area (Å²) < 4.78 is 6.71. The Hall–Kier alpha value is -0.560. The zero-order valence-electron chi connectivity index (χ0n) is 9.77. The highest BCUT2D eigenvalue weighted by atomic mass is 79.9. The molecule has 0 aliphatic carbocycles. The summed E-state index contributed by atoms with van der Waals surface area (Å²) in [6, 6.07) is 8.16. The van der Waals surface area contributed by atoms with E-state index in [1.807, 2.05) is 12.1 Å². The fraction of sp³-hybridized carbons (Fsp3) is 0.417. The number of hydrogen-bond donors (Lipinski definition) is 2. The molecule has 6 heteroatoms. The van der Waals surface area contributed by atoms with Crippen LogP contribution in [0.5, 0.6) is 0 Å². The molecule has 1 saturated heterocycles. The first-order valence-electron chi connectivity index (χ1n) is 5.73. The van der Waals surface area contributed by atoms with Gasteiger partial charge in [0.2, 0.25) is 0 Å². The van der Waals surface area contributed by atoms with Crippen molar-refractivity contribution in [2.75, 3.05) is 5.75 Å². The molecule has 1 amide bonds. The van der Waals surface area contributed by atoms with Crippen LogP contribution in [0.25, 0.3) is 0 Å². The number of thioether (sulfide) groups is 1. The van der Waals surface area contributed by atoms with E-state index in [4.69, 9.17) is 10.6 Å². The molecule has 1 heterocycles. The molecule has 18 heavy (non-hydrogen) atoms. The minimum atomic E-state index is -0.384. The first-order valence-corrected chi connectivity index (χ1v) is 7.51. The third kappa shape index (κ3) is 3.71. The Morgan fingerprint density at radius 3 is 2.83 bits per heavy atom. The average molecular weight is 331 g/mol. The lowest BCUT2D eigenvalue weighted by Crippen LogP contribution is -2.39. The van der Waals surface area contributed by atoms with Crippen molar-refractivity contribution >= 4 is 33.6 Å². The van der Waals surface area contributed by atoms with Crippen LogP contribution in [-0.2, 0) is 9.53 Å². The summed E-state index contributed by atoms with van der Waals surface area (Å²) in [4.78, 5) is 12.5. The lowest BCUT2D eigenvalue weighted by molar-refractivity contribution is -0.131. The van der Waals surface area contributed by atoms with Crippen LogP contribution in [-0.4, -0.2) is 23.9 Å². The number of rotatable bonds is 4. The molecule has 0 aromatic heterocycles. The van der Waals surface area contributed by atoms with Crippen molar-refractivity contribution in [1.82, 2.24) is 5.43 Å². The quantitative estimate of drug-likeness (QED) is 0.384. The molecule has 2 atom stereocenters. The van der Waals surface area contributed by atoms with Gasteiger partial charge in [-0.15, -0.1) is 11.8 Å². The summed E-state index contributed by atoms with van der Waals surface area (Å²) in [5.41, 5.74) is 2.13. The van der Waals surface area contributed by atoms with Crippen LogP contribution in [0.2, 0.25) is 0 Å². The maximum absolute atomic E-state index is 11.3. The SMILES string of the molecule is NNC(=O)C1CCC(CSc2ccc(Br)cc2)O1. The van der Waals surface area contributed by atoms with Gasteiger partial charge in [0.05, 0.1) is 6.10 Å². The maximum Gasteiger partial charge on any atom is 0.263 e. The molecule has 0 bridgehead atoms. The molecule has 0 radical (unpaired) electrons. The number of ether oxygens (including phenoxy) is 1. The maximum atomic E-state index is 11.3. The number of nitrogens with one attached hydrogen (secondary N) is 1. The number of hydrazine groups is 1. The highest BCUT2D eigenvalue weighted by Crippen LogP contribution is 2.27. The molecule has 0 spiro atoms. The molecular weight excluding hydrogens is 316 g/mol. The zero-order valence-corrected chi connectivity index (χ0v) is 12.2. The number of hydrogen-bond acceptors (Lipinski definition) is 4. The molecule has 1 aliphatic heterocycles. The number of benzene rings is 1. The number of amides is 1. The zero-order chi connectivity index (χ0) is 13.0. The topological polar surface area (TPSA) is 64.3 Å². The number of halogens is 1. The number of nitrogens with two attached hydrogens (primary N) is 1. The van der Waals surface area contributed by atoms with Crippen LogP contribution in [0.3, 0.4) is 0 Å². The van der Waals surface area contributed by atoms with Crippen LogP contribution in [0.1, 0.15) is 12.8 Å². The van der Waals surface area contributed by atoms with E-state index >= 15 is 0 Å². The standard InChI is InChI=1S/C12H15BrN2O2S/c13-8-1-4-10(5-2-8)18-7-9-3-6-11(17-9)12(16)15-14/h1-2,4-5,9,11H,3,6-7,14H2,(H,15,16). The van der Waals surface area contributed by atoms with Crippen molar-refractivity contribution in [3.05, 3.63) is 28.7 Å². The van der Waals surface area contributed by atoms with E-state index in [1.165, 1.54) is 4.90 Å². The minimum Gasteiger partial charge on any atom is -0.364 e. The smallest absolute Gasteiger partial charge is 0.263 e. The third-order valence-corrected chi connectivity index (χ3v) is 4.46. The fourth-order valence-electron chi connectivity index (χ4n) is 1.83. The summed E-state index contributed by atoms with van der Waals surface area (Å²) in [7, 11) is 0. The Morgan fingerprint density at radius 1 is 1.44 bits per heavy atom. The third-order valence-electron chi connectivity index (χ3n) is 2.79. The largest absolute Gasteiger partial charge is 0.364 e. The van der Waals surface area contributed by atoms with Gasteiger partial charge in [0.25, 0.3) is 5.91 Å². The molecule has 98 valence electrons. The van der Waals surface area contributed by atoms with E-state index in [2.05, 4.69) is 33.5 Å². The van der Waals surface area contributed by atoms with Gasteiger partial charge in [-0.05, 0) is 37.1 Å². The van der Waals surface area contributed by atoms with Crippen molar-refractivity contribution in [2.24, 2.45) is 5.84 Å². The predicted octanol–water partition coefficient (Wildman–Crippen LogP) is 2.08. The molecular formula is C12H15BrN2O2S. The van der Waals surface area contributed by atoms with Crippen molar-refractivity contribution in [1.29, 1.82) is 0 Å². The van der Waals surface area contributed by atoms with Gasteiger partial charge in [0.15, 0.2) is 0 Å². The van der Waals surface area contributed by atoms with Crippen molar-refractivity contribution < 1.29 is 9.53 Å². The molecule has 4 nitrogen and oxygen atoms in total. The summed E-state index contributed by atoms with van der Waals surface area (Å²) in [5.74, 6) is 5.71. The van der Waals surface area contributed by atoms with Gasteiger partial charge in [-0.3, -0.25) is 10.2 Å². The fourth-order valence-corrected chi connectivity index (χ4v) is 3.05. The van der Waals surface area contributed by atoms with Gasteiger partial charge in [-0.25, -0.2) is 5.84 Å². The Balaban J connectivity index is 1.78. The molecule has 3 N–H and O–H groups in total. The van der Waals surface area contributed by atoms with Crippen LogP contribution < -0.4 is 11.3 Å². The second-order valence-electron chi connectivity index (χ2n) is 4.10. The van der Waals surface area contributed by atoms with Gasteiger partial charge in [0.1, 0.15) is 6.10 Å². The highest BCUT2D eigenvalue weighted by Gasteiger charge is 2.30. The van der Waals surface area contributed by atoms with E-state index in [0.717, 1.165) is 23.1 Å². The van der Waals surface area contributed by atoms with Crippen molar-refractivity contribution in [2.45, 2.75) is 29.9 Å². The van der Waals surface area contributed by atoms with Crippen molar-refractivity contribution in [3.63, 3.8) is 0 Å². The Morgan fingerprint density at radius 2 is 2.17 bits per heavy atom. The molecule has 1 aromatic rings. The molecule has 1 aromatic carbocycles. The van der Waals surface area contributed by atoms with E-state index in [0.29, 0.717) is 0 Å². The monoisotopic (exact) mass is 330 g/mol. The van der Waals surface area contributed by atoms with Gasteiger partial charge >= 0.3 is 0 Å². The summed E-state index contributed by atoms with van der Waals surface area (Å²) >= 11 is 5.14. The lowest BCUT2D eigenvalue weighted by atomic mass is 10.2. The molecule has 0 saturated carbocycles. The van der Waals surface area contributed by atoms with Crippen LogP contribution >= 0.6 is 27.7 Å².